The molecule has 1 saturated heterocycles. The molecule has 140 valence electrons. The van der Waals surface area contributed by atoms with Gasteiger partial charge in [-0.3, -0.25) is 4.57 Å². The number of rotatable bonds is 6. The minimum atomic E-state index is -1.40. The lowest BCUT2D eigenvalue weighted by Crippen LogP contribution is -2.37. The number of aliphatic hydroxyl groups is 3. The maximum atomic E-state index is 12.1. The van der Waals surface area contributed by atoms with E-state index in [-0.39, 0.29) is 12.4 Å². The molecule has 1 aliphatic heterocycles. The molecule has 2 rings (SSSR count). The summed E-state index contributed by atoms with van der Waals surface area (Å²) in [7, 11) is 0. The summed E-state index contributed by atoms with van der Waals surface area (Å²) in [6, 6.07) is 0. The molecule has 1 fully saturated rings. The summed E-state index contributed by atoms with van der Waals surface area (Å²) in [5.41, 5.74) is 11.7. The van der Waals surface area contributed by atoms with Gasteiger partial charge in [-0.15, -0.1) is 0 Å². The number of nitrogen functional groups attached to an aromatic ring is 1. The van der Waals surface area contributed by atoms with E-state index in [1.807, 2.05) is 6.92 Å². The van der Waals surface area contributed by atoms with E-state index in [0.29, 0.717) is 17.7 Å². The molecule has 0 spiro atoms. The van der Waals surface area contributed by atoms with Crippen LogP contribution < -0.4 is 23.0 Å². The van der Waals surface area contributed by atoms with Gasteiger partial charge in [-0.05, 0) is 6.42 Å². The molecule has 11 nitrogen and oxygen atoms in total. The highest BCUT2D eigenvalue weighted by atomic mass is 16.6. The highest BCUT2D eigenvalue weighted by molar-refractivity contribution is 5.36. The lowest BCUT2D eigenvalue weighted by molar-refractivity contribution is -0.0550. The predicted octanol–water partition coefficient (Wildman–Crippen LogP) is -2.68. The molecule has 1 aromatic heterocycles. The molecule has 0 amide bonds. The molecular formula is C14H24N6O5. The van der Waals surface area contributed by atoms with Gasteiger partial charge in [-0.2, -0.15) is 4.98 Å². The zero-order valence-electron chi connectivity index (χ0n) is 13.8. The first-order valence-electron chi connectivity index (χ1n) is 7.76. The van der Waals surface area contributed by atoms with Gasteiger partial charge in [0.1, 0.15) is 24.1 Å². The van der Waals surface area contributed by atoms with Crippen molar-refractivity contribution in [2.45, 2.75) is 44.4 Å². The first-order valence-corrected chi connectivity index (χ1v) is 7.76. The van der Waals surface area contributed by atoms with Gasteiger partial charge in [0, 0.05) is 23.7 Å². The minimum Gasteiger partial charge on any atom is -0.401 e. The number of hydrazine groups is 1. The van der Waals surface area contributed by atoms with E-state index in [9.17, 15) is 15.0 Å². The molecule has 4 unspecified atom stereocenters. The maximum absolute atomic E-state index is 12.1. The molecule has 0 bridgehead atoms. The Morgan fingerprint density at radius 2 is 2.16 bits per heavy atom. The molecule has 11 heteroatoms. The number of ether oxygens (including phenoxy) is 1. The summed E-state index contributed by atoms with van der Waals surface area (Å²) in [6.45, 7) is 1.47. The molecule has 2 heterocycles. The second-order valence-electron chi connectivity index (χ2n) is 5.80. The van der Waals surface area contributed by atoms with E-state index >= 15 is 0 Å². The number of anilines is 1. The van der Waals surface area contributed by atoms with Gasteiger partial charge < -0.3 is 36.5 Å². The van der Waals surface area contributed by atoms with Crippen molar-refractivity contribution >= 4 is 5.82 Å². The number of hydrogen-bond acceptors (Lipinski definition) is 10. The molecular weight excluding hydrogens is 332 g/mol. The highest BCUT2D eigenvalue weighted by Crippen LogP contribution is 2.28. The van der Waals surface area contributed by atoms with Crippen molar-refractivity contribution in [1.82, 2.24) is 14.6 Å². The Morgan fingerprint density at radius 3 is 2.72 bits per heavy atom. The Labute approximate surface area is 143 Å². The summed E-state index contributed by atoms with van der Waals surface area (Å²) in [5.74, 6) is 5.82. The van der Waals surface area contributed by atoms with Crippen molar-refractivity contribution in [3.05, 3.63) is 34.1 Å². The van der Waals surface area contributed by atoms with Crippen LogP contribution in [0.4, 0.5) is 5.82 Å². The van der Waals surface area contributed by atoms with Crippen LogP contribution in [0.5, 0.6) is 0 Å². The third-order valence-electron chi connectivity index (χ3n) is 3.95. The summed E-state index contributed by atoms with van der Waals surface area (Å²) in [6.07, 6.45) is -1.45. The van der Waals surface area contributed by atoms with Gasteiger partial charge in [0.15, 0.2) is 6.23 Å². The zero-order valence-corrected chi connectivity index (χ0v) is 13.8. The number of nitrogens with two attached hydrogens (primary N) is 3. The van der Waals surface area contributed by atoms with Crippen molar-refractivity contribution in [2.24, 2.45) is 11.6 Å². The number of hydrogen-bond donors (Lipinski definition) is 6. The third kappa shape index (κ3) is 4.08. The average Bonchev–Trinajstić information content (AvgIpc) is 2.85. The Kier molecular flexibility index (Phi) is 5.98. The fourth-order valence-corrected chi connectivity index (χ4v) is 2.48. The van der Waals surface area contributed by atoms with Gasteiger partial charge >= 0.3 is 5.69 Å². The van der Waals surface area contributed by atoms with Crippen molar-refractivity contribution in [3.8, 4) is 0 Å². The van der Waals surface area contributed by atoms with Crippen LogP contribution in [0.25, 0.3) is 0 Å². The SMILES string of the molecule is CC/C(N)=C/N(N)Cc1cn(C2OC(CO)C(O)C2O)c(=O)nc1N. The number of allylic oxidation sites excluding steroid dienone is 1. The van der Waals surface area contributed by atoms with Crippen LogP contribution in [-0.2, 0) is 11.3 Å². The Bertz CT molecular complexity index is 693. The maximum Gasteiger partial charge on any atom is 0.351 e. The van der Waals surface area contributed by atoms with E-state index < -0.39 is 36.8 Å². The van der Waals surface area contributed by atoms with Crippen LogP contribution in [0.15, 0.2) is 22.9 Å². The second-order valence-corrected chi connectivity index (χ2v) is 5.80. The second kappa shape index (κ2) is 7.80. The van der Waals surface area contributed by atoms with Crippen molar-refractivity contribution in [2.75, 3.05) is 12.3 Å². The smallest absolute Gasteiger partial charge is 0.351 e. The van der Waals surface area contributed by atoms with Gasteiger partial charge in [0.05, 0.1) is 13.2 Å². The topological polar surface area (TPSA) is 186 Å². The average molecular weight is 356 g/mol. The van der Waals surface area contributed by atoms with Crippen LogP contribution in [0.1, 0.15) is 25.1 Å². The molecule has 1 aromatic rings. The Balaban J connectivity index is 2.31. The molecule has 25 heavy (non-hydrogen) atoms. The summed E-state index contributed by atoms with van der Waals surface area (Å²) in [5, 5.41) is 30.3. The Morgan fingerprint density at radius 1 is 1.48 bits per heavy atom. The van der Waals surface area contributed by atoms with Crippen molar-refractivity contribution < 1.29 is 20.1 Å². The molecule has 0 radical (unpaired) electrons. The van der Waals surface area contributed by atoms with E-state index in [0.717, 1.165) is 4.57 Å². The normalized spacial score (nSPS) is 26.8. The van der Waals surface area contributed by atoms with Crippen LogP contribution in [0, 0.1) is 0 Å². The van der Waals surface area contributed by atoms with E-state index in [1.54, 1.807) is 0 Å². The molecule has 4 atom stereocenters. The van der Waals surface area contributed by atoms with E-state index in [2.05, 4.69) is 4.98 Å². The van der Waals surface area contributed by atoms with Crippen LogP contribution in [0.3, 0.4) is 0 Å². The van der Waals surface area contributed by atoms with E-state index in [1.165, 1.54) is 17.4 Å². The molecule has 0 saturated carbocycles. The lowest BCUT2D eigenvalue weighted by atomic mass is 10.1. The van der Waals surface area contributed by atoms with Gasteiger partial charge in [-0.1, -0.05) is 6.92 Å². The monoisotopic (exact) mass is 356 g/mol. The summed E-state index contributed by atoms with van der Waals surface area (Å²) >= 11 is 0. The summed E-state index contributed by atoms with van der Waals surface area (Å²) in [4.78, 5) is 15.8. The first kappa shape index (κ1) is 19.1. The standard InChI is InChI=1S/C14H24N6O5/c1-2-8(15)5-19(17)3-7-4-20(14(24)18-12(7)16)13-11(23)10(22)9(6-21)25-13/h4-5,9-11,13,21-23H,2-3,6,15,17H2,1H3,(H2,16,18,24)/b8-5-. The number of nitrogens with zero attached hydrogens (tertiary/aromatic N) is 3. The fraction of sp³-hybridized carbons (Fsp3) is 0.571. The number of aliphatic hydroxyl groups excluding tert-OH is 3. The van der Waals surface area contributed by atoms with Crippen molar-refractivity contribution in [1.29, 1.82) is 0 Å². The lowest BCUT2D eigenvalue weighted by Gasteiger charge is -2.20. The number of aromatic nitrogens is 2. The van der Waals surface area contributed by atoms with Gasteiger partial charge in [-0.25, -0.2) is 10.6 Å². The van der Waals surface area contributed by atoms with Crippen LogP contribution >= 0.6 is 0 Å². The van der Waals surface area contributed by atoms with Gasteiger partial charge in [0.25, 0.3) is 0 Å². The molecule has 0 aliphatic carbocycles. The quantitative estimate of drug-likeness (QED) is 0.232. The first-order chi connectivity index (χ1) is 11.8. The van der Waals surface area contributed by atoms with E-state index in [4.69, 9.17) is 27.2 Å². The van der Waals surface area contributed by atoms with Gasteiger partial charge in [0.2, 0.25) is 0 Å². The minimum absolute atomic E-state index is 0.0214. The summed E-state index contributed by atoms with van der Waals surface area (Å²) < 4.78 is 6.35. The third-order valence-corrected chi connectivity index (χ3v) is 3.95. The van der Waals surface area contributed by atoms with Crippen LogP contribution in [0.2, 0.25) is 0 Å². The zero-order chi connectivity index (χ0) is 18.7. The fourth-order valence-electron chi connectivity index (χ4n) is 2.48. The Hall–Kier alpha value is -2.18. The van der Waals surface area contributed by atoms with Crippen molar-refractivity contribution in [3.63, 3.8) is 0 Å². The molecule has 9 N–H and O–H groups in total. The highest BCUT2D eigenvalue weighted by Gasteiger charge is 2.43. The predicted molar refractivity (Wildman–Crippen MR) is 88.2 cm³/mol. The van der Waals surface area contributed by atoms with Crippen LogP contribution in [-0.4, -0.2) is 54.8 Å². The molecule has 1 aliphatic rings. The molecule has 0 aromatic carbocycles. The largest absolute Gasteiger partial charge is 0.401 e.